The van der Waals surface area contributed by atoms with Gasteiger partial charge in [0.25, 0.3) is 10.1 Å². The Morgan fingerprint density at radius 3 is 1.86 bits per heavy atom. The molecule has 0 radical (unpaired) electrons. The Balaban J connectivity index is 0.000000433. The summed E-state index contributed by atoms with van der Waals surface area (Å²) in [4.78, 5) is -0.0949. The summed E-state index contributed by atoms with van der Waals surface area (Å²) in [5.41, 5.74) is 1.05. The summed E-state index contributed by atoms with van der Waals surface area (Å²) in [5, 5.41) is 0.542. The molecule has 1 N–H and O–H groups in total. The van der Waals surface area contributed by atoms with Gasteiger partial charge in [-0.2, -0.15) is 8.42 Å². The summed E-state index contributed by atoms with van der Waals surface area (Å²) in [6, 6.07) is 6.19. The highest BCUT2D eigenvalue weighted by Crippen LogP contribution is 2.29. The second kappa shape index (κ2) is 8.67. The third-order valence-electron chi connectivity index (χ3n) is 3.74. The van der Waals surface area contributed by atoms with Gasteiger partial charge < -0.3 is 0 Å². The molecular formula is C16H27O3PS. The van der Waals surface area contributed by atoms with Crippen LogP contribution in [0.25, 0.3) is 5.57 Å². The highest BCUT2D eigenvalue weighted by Gasteiger charge is 2.15. The molecular weight excluding hydrogens is 303 g/mol. The molecule has 0 saturated heterocycles. The van der Waals surface area contributed by atoms with Crippen molar-refractivity contribution in [3.05, 3.63) is 36.4 Å². The molecule has 0 spiro atoms. The van der Waals surface area contributed by atoms with Gasteiger partial charge in [-0.15, -0.1) is 9.24 Å². The Morgan fingerprint density at radius 1 is 1.19 bits per heavy atom. The largest absolute Gasteiger partial charge is 0.295 e. The van der Waals surface area contributed by atoms with Crippen LogP contribution in [0.3, 0.4) is 0 Å². The number of benzene rings is 1. The molecule has 120 valence electrons. The van der Waals surface area contributed by atoms with E-state index in [0.717, 1.165) is 0 Å². The molecule has 0 amide bonds. The van der Waals surface area contributed by atoms with Crippen molar-refractivity contribution in [1.82, 2.24) is 0 Å². The third kappa shape index (κ3) is 6.73. The van der Waals surface area contributed by atoms with Crippen molar-refractivity contribution in [2.75, 3.05) is 0 Å². The highest BCUT2D eigenvalue weighted by atomic mass is 32.2. The zero-order valence-corrected chi connectivity index (χ0v) is 15.4. The maximum absolute atomic E-state index is 10.9. The lowest BCUT2D eigenvalue weighted by Gasteiger charge is -2.23. The molecule has 1 aromatic rings. The maximum Gasteiger partial charge on any atom is 0.295 e. The van der Waals surface area contributed by atoms with Gasteiger partial charge in [0.2, 0.25) is 0 Å². The van der Waals surface area contributed by atoms with Crippen molar-refractivity contribution in [1.29, 1.82) is 0 Å². The van der Waals surface area contributed by atoms with Gasteiger partial charge in [-0.05, 0) is 48.5 Å². The molecule has 0 fully saturated rings. The summed E-state index contributed by atoms with van der Waals surface area (Å²) in [5.74, 6) is 0. The van der Waals surface area contributed by atoms with Crippen LogP contribution in [0.2, 0.25) is 0 Å². The molecule has 3 nitrogen and oxygen atoms in total. The molecule has 0 heterocycles. The van der Waals surface area contributed by atoms with E-state index in [4.69, 9.17) is 4.55 Å². The van der Waals surface area contributed by atoms with Gasteiger partial charge in [-0.1, -0.05) is 45.5 Å². The number of allylic oxidation sites excluding steroid dienone is 1. The average Bonchev–Trinajstić information content (AvgIpc) is 2.46. The van der Waals surface area contributed by atoms with Crippen LogP contribution >= 0.6 is 9.24 Å². The van der Waals surface area contributed by atoms with Crippen molar-refractivity contribution in [3.63, 3.8) is 0 Å². The first-order valence-corrected chi connectivity index (χ1v) is 9.14. The van der Waals surface area contributed by atoms with Crippen molar-refractivity contribution in [2.45, 2.75) is 57.0 Å². The van der Waals surface area contributed by atoms with Crippen LogP contribution in [0.1, 0.15) is 52.5 Å². The summed E-state index contributed by atoms with van der Waals surface area (Å²) in [7, 11) is -1.19. The zero-order chi connectivity index (χ0) is 16.7. The monoisotopic (exact) mass is 330 g/mol. The molecule has 0 aliphatic carbocycles. The van der Waals surface area contributed by atoms with Crippen molar-refractivity contribution in [2.24, 2.45) is 0 Å². The minimum atomic E-state index is -4.14. The first-order chi connectivity index (χ1) is 9.61. The fourth-order valence-corrected chi connectivity index (χ4v) is 2.56. The number of hydrogen-bond acceptors (Lipinski definition) is 2. The lowest BCUT2D eigenvalue weighted by atomic mass is 9.99. The predicted molar refractivity (Wildman–Crippen MR) is 94.3 cm³/mol. The van der Waals surface area contributed by atoms with E-state index >= 15 is 0 Å². The van der Waals surface area contributed by atoms with E-state index in [-0.39, 0.29) is 4.90 Å². The SMILES string of the molecule is C=C(C)c1ccccc1S(=O)(=O)O.CCC(P)(CC)CC. The lowest BCUT2D eigenvalue weighted by molar-refractivity contribution is 0.483. The summed E-state index contributed by atoms with van der Waals surface area (Å²) >= 11 is 0. The second-order valence-corrected chi connectivity index (χ2v) is 7.79. The summed E-state index contributed by atoms with van der Waals surface area (Å²) < 4.78 is 30.6. The van der Waals surface area contributed by atoms with Crippen LogP contribution in [0.5, 0.6) is 0 Å². The highest BCUT2D eigenvalue weighted by molar-refractivity contribution is 7.85. The van der Waals surface area contributed by atoms with E-state index < -0.39 is 10.1 Å². The number of rotatable bonds is 5. The Kier molecular flexibility index (Phi) is 8.38. The molecule has 21 heavy (non-hydrogen) atoms. The van der Waals surface area contributed by atoms with Gasteiger partial charge in [-0.25, -0.2) is 0 Å². The normalized spacial score (nSPS) is 11.5. The van der Waals surface area contributed by atoms with Crippen molar-refractivity contribution < 1.29 is 13.0 Å². The standard InChI is InChI=1S/C9H10O3S.C7H17P/c1-7(2)8-5-3-4-6-9(8)13(10,11)12;1-4-7(8,5-2)6-3/h3-6H,1H2,2H3,(H,10,11,12);4-6,8H2,1-3H3. The van der Waals surface area contributed by atoms with E-state index in [9.17, 15) is 8.42 Å². The minimum Gasteiger partial charge on any atom is -0.282 e. The van der Waals surface area contributed by atoms with Crippen LogP contribution in [-0.2, 0) is 10.1 Å². The van der Waals surface area contributed by atoms with E-state index in [1.54, 1.807) is 25.1 Å². The van der Waals surface area contributed by atoms with Crippen LogP contribution in [-0.4, -0.2) is 18.1 Å². The number of hydrogen-bond donors (Lipinski definition) is 1. The van der Waals surface area contributed by atoms with Gasteiger partial charge >= 0.3 is 0 Å². The van der Waals surface area contributed by atoms with Crippen LogP contribution in [0, 0.1) is 0 Å². The molecule has 0 aliphatic heterocycles. The molecule has 1 atom stereocenters. The van der Waals surface area contributed by atoms with Crippen LogP contribution in [0.4, 0.5) is 0 Å². The van der Waals surface area contributed by atoms with E-state index in [1.165, 1.54) is 25.3 Å². The van der Waals surface area contributed by atoms with Crippen LogP contribution < -0.4 is 0 Å². The Morgan fingerprint density at radius 2 is 1.62 bits per heavy atom. The minimum absolute atomic E-state index is 0.0949. The molecule has 0 bridgehead atoms. The smallest absolute Gasteiger partial charge is 0.282 e. The Bertz CT molecular complexity index is 552. The second-order valence-electron chi connectivity index (χ2n) is 5.17. The third-order valence-corrected chi connectivity index (χ3v) is 5.87. The van der Waals surface area contributed by atoms with Gasteiger partial charge in [0.05, 0.1) is 0 Å². The molecule has 5 heteroatoms. The van der Waals surface area contributed by atoms with E-state index in [2.05, 4.69) is 36.6 Å². The van der Waals surface area contributed by atoms with Gasteiger partial charge in [0, 0.05) is 0 Å². The Hall–Kier alpha value is -0.700. The molecule has 1 unspecified atom stereocenters. The zero-order valence-electron chi connectivity index (χ0n) is 13.4. The van der Waals surface area contributed by atoms with E-state index in [0.29, 0.717) is 16.3 Å². The summed E-state index contributed by atoms with van der Waals surface area (Å²) in [6.45, 7) is 12.1. The molecule has 0 saturated carbocycles. The van der Waals surface area contributed by atoms with Gasteiger partial charge in [-0.3, -0.25) is 4.55 Å². The van der Waals surface area contributed by atoms with Gasteiger partial charge in [0.1, 0.15) is 4.90 Å². The van der Waals surface area contributed by atoms with Crippen molar-refractivity contribution in [3.8, 4) is 0 Å². The lowest BCUT2D eigenvalue weighted by Crippen LogP contribution is -2.15. The Labute approximate surface area is 131 Å². The quantitative estimate of drug-likeness (QED) is 0.623. The molecule has 1 aromatic carbocycles. The molecule has 1 rings (SSSR count). The predicted octanol–water partition coefficient (Wildman–Crippen LogP) is 4.80. The first-order valence-electron chi connectivity index (χ1n) is 7.12. The fraction of sp³-hybridized carbons (Fsp3) is 0.500. The average molecular weight is 330 g/mol. The van der Waals surface area contributed by atoms with Crippen LogP contribution in [0.15, 0.2) is 35.7 Å². The topological polar surface area (TPSA) is 54.4 Å². The first kappa shape index (κ1) is 20.3. The molecule has 0 aromatic heterocycles. The van der Waals surface area contributed by atoms with E-state index in [1.807, 2.05) is 0 Å². The van der Waals surface area contributed by atoms with Gasteiger partial charge in [0.15, 0.2) is 0 Å². The van der Waals surface area contributed by atoms with Crippen molar-refractivity contribution >= 4 is 24.9 Å². The summed E-state index contributed by atoms with van der Waals surface area (Å²) in [6.07, 6.45) is 3.85. The fourth-order valence-electron chi connectivity index (χ4n) is 1.79. The molecule has 0 aliphatic rings. The maximum atomic E-state index is 10.9.